The molecule has 3 aliphatic heterocycles. The summed E-state index contributed by atoms with van der Waals surface area (Å²) in [5.74, 6) is 1.72. The van der Waals surface area contributed by atoms with Crippen LogP contribution in [0.15, 0.2) is 42.5 Å². The van der Waals surface area contributed by atoms with Crippen LogP contribution in [0.4, 0.5) is 11.4 Å². The first kappa shape index (κ1) is 22.0. The summed E-state index contributed by atoms with van der Waals surface area (Å²) in [4.78, 5) is 20.0. The first-order chi connectivity index (χ1) is 16.2. The van der Waals surface area contributed by atoms with E-state index in [1.165, 1.54) is 30.5 Å². The molecular weight excluding hydrogens is 416 g/mol. The first-order valence-corrected chi connectivity index (χ1v) is 12.2. The molecule has 3 aliphatic rings. The molecule has 7 heteroatoms. The Morgan fingerprint density at radius 1 is 0.909 bits per heavy atom. The second-order valence-electron chi connectivity index (χ2n) is 9.26. The zero-order valence-electron chi connectivity index (χ0n) is 19.5. The highest BCUT2D eigenvalue weighted by Gasteiger charge is 2.26. The van der Waals surface area contributed by atoms with E-state index in [0.29, 0.717) is 6.79 Å². The SMILES string of the molecule is C[C@H](C(=O)Nc1ccc(N2CCCCC2)cc1)N1CCN(Cc2ccc3c(c2)OCO3)CC1. The third-order valence-electron chi connectivity index (χ3n) is 7.03. The van der Waals surface area contributed by atoms with Gasteiger partial charge in [0.1, 0.15) is 0 Å². The molecule has 176 valence electrons. The predicted octanol–water partition coefficient (Wildman–Crippen LogP) is 3.55. The van der Waals surface area contributed by atoms with Crippen LogP contribution >= 0.6 is 0 Å². The smallest absolute Gasteiger partial charge is 0.241 e. The molecule has 0 unspecified atom stereocenters. The van der Waals surface area contributed by atoms with Crippen molar-refractivity contribution in [3.05, 3.63) is 48.0 Å². The summed E-state index contributed by atoms with van der Waals surface area (Å²) < 4.78 is 10.9. The molecule has 1 N–H and O–H groups in total. The van der Waals surface area contributed by atoms with Gasteiger partial charge in [-0.2, -0.15) is 0 Å². The van der Waals surface area contributed by atoms with Crippen molar-refractivity contribution in [2.45, 2.75) is 38.8 Å². The van der Waals surface area contributed by atoms with Gasteiger partial charge in [-0.25, -0.2) is 0 Å². The lowest BCUT2D eigenvalue weighted by Crippen LogP contribution is -2.52. The van der Waals surface area contributed by atoms with Gasteiger partial charge in [0, 0.05) is 57.2 Å². The van der Waals surface area contributed by atoms with Crippen LogP contribution in [0.5, 0.6) is 11.5 Å². The molecule has 5 rings (SSSR count). The third-order valence-corrected chi connectivity index (χ3v) is 7.03. The van der Waals surface area contributed by atoms with Gasteiger partial charge in [-0.15, -0.1) is 0 Å². The predicted molar refractivity (Wildman–Crippen MR) is 130 cm³/mol. The summed E-state index contributed by atoms with van der Waals surface area (Å²) in [6.07, 6.45) is 3.86. The van der Waals surface area contributed by atoms with Crippen LogP contribution in [-0.4, -0.2) is 67.8 Å². The fourth-order valence-electron chi connectivity index (χ4n) is 4.93. The standard InChI is InChI=1S/C26H34N4O3/c1-20(26(31)27-22-6-8-23(9-7-22)30-11-3-2-4-12-30)29-15-13-28(14-16-29)18-21-5-10-24-25(17-21)33-19-32-24/h5-10,17,20H,2-4,11-16,18-19H2,1H3,(H,27,31)/t20-/m1/s1. The molecule has 0 spiro atoms. The Hall–Kier alpha value is -2.77. The van der Waals surface area contributed by atoms with Crippen molar-refractivity contribution in [3.8, 4) is 11.5 Å². The molecule has 7 nitrogen and oxygen atoms in total. The molecule has 2 aromatic rings. The van der Waals surface area contributed by atoms with Gasteiger partial charge in [-0.3, -0.25) is 14.6 Å². The lowest BCUT2D eigenvalue weighted by molar-refractivity contribution is -0.121. The van der Waals surface area contributed by atoms with Gasteiger partial charge in [0.25, 0.3) is 0 Å². The Bertz CT molecular complexity index is 951. The maximum Gasteiger partial charge on any atom is 0.241 e. The van der Waals surface area contributed by atoms with E-state index in [4.69, 9.17) is 9.47 Å². The number of fused-ring (bicyclic) bond motifs is 1. The number of piperidine rings is 1. The topological polar surface area (TPSA) is 57.3 Å². The quantitative estimate of drug-likeness (QED) is 0.727. The van der Waals surface area contributed by atoms with Crippen LogP contribution in [0, 0.1) is 0 Å². The number of piperazine rings is 1. The summed E-state index contributed by atoms with van der Waals surface area (Å²) in [5.41, 5.74) is 3.35. The molecule has 1 amide bonds. The van der Waals surface area contributed by atoms with E-state index in [9.17, 15) is 4.79 Å². The Balaban J connectivity index is 1.09. The summed E-state index contributed by atoms with van der Waals surface area (Å²) in [5, 5.41) is 3.11. The Morgan fingerprint density at radius 3 is 2.39 bits per heavy atom. The maximum absolute atomic E-state index is 12.9. The third kappa shape index (κ3) is 5.25. The minimum atomic E-state index is -0.153. The van der Waals surface area contributed by atoms with Crippen molar-refractivity contribution in [1.82, 2.24) is 9.80 Å². The number of anilines is 2. The number of carbonyl (C=O) groups excluding carboxylic acids is 1. The van der Waals surface area contributed by atoms with E-state index in [1.54, 1.807) is 0 Å². The zero-order valence-corrected chi connectivity index (χ0v) is 19.5. The summed E-state index contributed by atoms with van der Waals surface area (Å²) >= 11 is 0. The van der Waals surface area contributed by atoms with Crippen LogP contribution in [0.1, 0.15) is 31.7 Å². The largest absolute Gasteiger partial charge is 0.454 e. The van der Waals surface area contributed by atoms with Gasteiger partial charge in [-0.05, 0) is 68.1 Å². The fourth-order valence-corrected chi connectivity index (χ4v) is 4.93. The van der Waals surface area contributed by atoms with Crippen molar-refractivity contribution in [2.24, 2.45) is 0 Å². The molecule has 0 saturated carbocycles. The lowest BCUT2D eigenvalue weighted by Gasteiger charge is -2.37. The van der Waals surface area contributed by atoms with Crippen LogP contribution in [0.3, 0.4) is 0 Å². The number of amides is 1. The molecule has 2 aromatic carbocycles. The molecule has 0 bridgehead atoms. The minimum absolute atomic E-state index is 0.0601. The maximum atomic E-state index is 12.9. The van der Waals surface area contributed by atoms with Gasteiger partial charge in [0.05, 0.1) is 6.04 Å². The van der Waals surface area contributed by atoms with E-state index in [0.717, 1.165) is 63.0 Å². The van der Waals surface area contributed by atoms with E-state index < -0.39 is 0 Å². The molecule has 2 fully saturated rings. The average Bonchev–Trinajstić information content (AvgIpc) is 3.33. The number of benzene rings is 2. The minimum Gasteiger partial charge on any atom is -0.454 e. The number of hydrogen-bond donors (Lipinski definition) is 1. The lowest BCUT2D eigenvalue weighted by atomic mass is 10.1. The van der Waals surface area contributed by atoms with Crippen molar-refractivity contribution >= 4 is 17.3 Å². The Morgan fingerprint density at radius 2 is 1.64 bits per heavy atom. The normalized spacial score (nSPS) is 20.0. The van der Waals surface area contributed by atoms with Gasteiger partial charge in [0.2, 0.25) is 12.7 Å². The van der Waals surface area contributed by atoms with Crippen molar-refractivity contribution in [3.63, 3.8) is 0 Å². The fraction of sp³-hybridized carbons (Fsp3) is 0.500. The van der Waals surface area contributed by atoms with Crippen molar-refractivity contribution in [2.75, 3.05) is 56.3 Å². The average molecular weight is 451 g/mol. The number of rotatable bonds is 6. The zero-order chi connectivity index (χ0) is 22.6. The van der Waals surface area contributed by atoms with Gasteiger partial charge in [0.15, 0.2) is 11.5 Å². The monoisotopic (exact) mass is 450 g/mol. The molecule has 1 atom stereocenters. The van der Waals surface area contributed by atoms with Crippen LogP contribution in [0.25, 0.3) is 0 Å². The molecule has 33 heavy (non-hydrogen) atoms. The Labute approximate surface area is 196 Å². The molecule has 2 saturated heterocycles. The number of nitrogens with one attached hydrogen (secondary N) is 1. The van der Waals surface area contributed by atoms with E-state index in [-0.39, 0.29) is 11.9 Å². The molecule has 0 aliphatic carbocycles. The van der Waals surface area contributed by atoms with Gasteiger partial charge in [-0.1, -0.05) is 6.07 Å². The highest BCUT2D eigenvalue weighted by Crippen LogP contribution is 2.33. The highest BCUT2D eigenvalue weighted by molar-refractivity contribution is 5.94. The second kappa shape index (κ2) is 10.0. The van der Waals surface area contributed by atoms with E-state index in [2.05, 4.69) is 44.3 Å². The first-order valence-electron chi connectivity index (χ1n) is 12.2. The summed E-state index contributed by atoms with van der Waals surface area (Å²) in [6.45, 7) is 9.10. The van der Waals surface area contributed by atoms with Gasteiger partial charge < -0.3 is 19.7 Å². The number of ether oxygens (including phenoxy) is 2. The van der Waals surface area contributed by atoms with Crippen LogP contribution in [-0.2, 0) is 11.3 Å². The van der Waals surface area contributed by atoms with E-state index in [1.807, 2.05) is 25.1 Å². The van der Waals surface area contributed by atoms with E-state index >= 15 is 0 Å². The summed E-state index contributed by atoms with van der Waals surface area (Å²) in [6, 6.07) is 14.3. The molecular formula is C26H34N4O3. The van der Waals surface area contributed by atoms with Gasteiger partial charge >= 0.3 is 0 Å². The van der Waals surface area contributed by atoms with Crippen LogP contribution in [0.2, 0.25) is 0 Å². The molecule has 0 aromatic heterocycles. The summed E-state index contributed by atoms with van der Waals surface area (Å²) in [7, 11) is 0. The van der Waals surface area contributed by atoms with Crippen LogP contribution < -0.4 is 19.7 Å². The number of hydrogen-bond acceptors (Lipinski definition) is 6. The number of nitrogens with zero attached hydrogens (tertiary/aromatic N) is 3. The second-order valence-corrected chi connectivity index (χ2v) is 9.26. The number of carbonyl (C=O) groups is 1. The molecule has 0 radical (unpaired) electrons. The highest BCUT2D eigenvalue weighted by atomic mass is 16.7. The van der Waals surface area contributed by atoms with Crippen molar-refractivity contribution < 1.29 is 14.3 Å². The Kier molecular flexibility index (Phi) is 6.69. The molecule has 3 heterocycles. The van der Waals surface area contributed by atoms with Crippen molar-refractivity contribution in [1.29, 1.82) is 0 Å².